The Morgan fingerprint density at radius 3 is 1.05 bits per heavy atom. The van der Waals surface area contributed by atoms with E-state index >= 15 is 0 Å². The zero-order valence-corrected chi connectivity index (χ0v) is 75.6. The number of methoxy groups -OCH3 is 5. The lowest BCUT2D eigenvalue weighted by molar-refractivity contribution is -0.310. The van der Waals surface area contributed by atoms with Crippen LogP contribution in [0.15, 0.2) is 176 Å². The number of carbonyl (C=O) groups is 2. The molecule has 13 rings (SSSR count). The zero-order valence-electron chi connectivity index (χ0n) is 74.9. The molecule has 3 aromatic heterocycles. The number of rotatable bonds is 34. The lowest BCUT2D eigenvalue weighted by Crippen LogP contribution is -2.62. The molecule has 35 heteroatoms. The maximum atomic E-state index is 15.0. The van der Waals surface area contributed by atoms with Gasteiger partial charge in [-0.1, -0.05) is 154 Å². The molecule has 6 heterocycles. The molecule has 0 saturated carbocycles. The zero-order chi connectivity index (χ0) is 94.0. The average molecular weight is 1870 g/mol. The van der Waals surface area contributed by atoms with E-state index in [0.717, 1.165) is 57.6 Å². The number of ether oxygens (including phenoxy) is 16. The number of benzene rings is 7. The first kappa shape index (κ1) is 107. The monoisotopic (exact) mass is 1870 g/mol. The van der Waals surface area contributed by atoms with Crippen molar-refractivity contribution in [3.8, 4) is 34.9 Å². The molecule has 0 radical (unpaired) electrons. The molecule has 3 aliphatic rings. The number of aromatic nitrogens is 6. The molecule has 0 aliphatic carbocycles. The summed E-state index contributed by atoms with van der Waals surface area (Å²) in [7, 11) is 6.56. The first-order valence-corrected chi connectivity index (χ1v) is 42.6. The van der Waals surface area contributed by atoms with E-state index < -0.39 is 134 Å². The van der Waals surface area contributed by atoms with Gasteiger partial charge in [0.05, 0.1) is 75.2 Å². The Labute approximate surface area is 774 Å². The fourth-order valence-corrected chi connectivity index (χ4v) is 14.8. The summed E-state index contributed by atoms with van der Waals surface area (Å²) in [6, 6.07) is 54.2. The molecular weight excluding hydrogens is 1740 g/mol. The van der Waals surface area contributed by atoms with E-state index in [0.29, 0.717) is 54.4 Å². The van der Waals surface area contributed by atoms with Crippen LogP contribution < -0.4 is 28.4 Å². The molecule has 722 valence electrons. The van der Waals surface area contributed by atoms with Crippen molar-refractivity contribution in [1.82, 2.24) is 29.3 Å². The van der Waals surface area contributed by atoms with Gasteiger partial charge >= 0.3 is 11.6 Å². The summed E-state index contributed by atoms with van der Waals surface area (Å²) in [6.07, 6.45) is -18.4. The predicted molar refractivity (Wildman–Crippen MR) is 484 cm³/mol. The molecule has 0 bridgehead atoms. The Kier molecular flexibility index (Phi) is 41.6. The number of hydrogen-bond acceptors (Lipinski definition) is 28. The Balaban J connectivity index is 0.000000280. The van der Waals surface area contributed by atoms with Crippen LogP contribution >= 0.6 is 11.6 Å². The Morgan fingerprint density at radius 1 is 0.409 bits per heavy atom. The number of nitrogens with zero attached hydrogens (tertiary/aromatic N) is 6. The van der Waals surface area contributed by atoms with Crippen LogP contribution in [0.3, 0.4) is 0 Å². The normalized spacial score (nSPS) is 21.5. The fourth-order valence-electron chi connectivity index (χ4n) is 14.8. The molecule has 3 aliphatic heterocycles. The van der Waals surface area contributed by atoms with Gasteiger partial charge in [-0.3, -0.25) is 14.0 Å². The van der Waals surface area contributed by atoms with Crippen molar-refractivity contribution in [2.24, 2.45) is 0 Å². The van der Waals surface area contributed by atoms with Gasteiger partial charge in [-0.2, -0.15) is 0 Å². The highest BCUT2D eigenvalue weighted by molar-refractivity contribution is 6.61. The highest BCUT2D eigenvalue weighted by atomic mass is 35.5. The molecule has 10 aromatic rings. The Bertz CT molecular complexity index is 5190. The molecule has 7 N–H and O–H groups in total. The minimum absolute atomic E-state index is 0. The molecule has 0 spiro atoms. The minimum Gasteiger partial charge on any atom is -0.494 e. The van der Waals surface area contributed by atoms with Gasteiger partial charge in [-0.15, -0.1) is 15.3 Å². The van der Waals surface area contributed by atoms with Crippen LogP contribution in [-0.2, 0) is 93.1 Å². The van der Waals surface area contributed by atoms with Crippen molar-refractivity contribution in [1.29, 1.82) is 0 Å². The number of carbonyl (C=O) groups excluding carboxylic acids is 2. The second-order valence-corrected chi connectivity index (χ2v) is 32.1. The third kappa shape index (κ3) is 28.4. The molecule has 3 fully saturated rings. The van der Waals surface area contributed by atoms with Crippen LogP contribution in [0.1, 0.15) is 149 Å². The molecule has 3 saturated heterocycles. The van der Waals surface area contributed by atoms with Gasteiger partial charge < -0.3 is 112 Å². The van der Waals surface area contributed by atoms with Gasteiger partial charge in [0.2, 0.25) is 36.5 Å². The van der Waals surface area contributed by atoms with Crippen LogP contribution in [-0.4, -0.2) is 224 Å². The summed E-state index contributed by atoms with van der Waals surface area (Å²) in [4.78, 5) is 20.6. The first-order chi connectivity index (χ1) is 62.4. The van der Waals surface area contributed by atoms with Gasteiger partial charge in [0.1, 0.15) is 79.9 Å². The summed E-state index contributed by atoms with van der Waals surface area (Å²) in [5.41, 5.74) is 9.76. The van der Waals surface area contributed by atoms with E-state index in [1.54, 1.807) is 27.6 Å². The fraction of sp³-hybridized carbons (Fsp3) is 0.454. The van der Waals surface area contributed by atoms with Crippen LogP contribution in [0.2, 0.25) is 0 Å². The highest BCUT2D eigenvalue weighted by Crippen LogP contribution is 2.39. The van der Waals surface area contributed by atoms with Crippen LogP contribution in [0.25, 0.3) is 0 Å². The Hall–Kier alpha value is -10.8. The maximum Gasteiger partial charge on any atom is 0.508 e. The maximum absolute atomic E-state index is 15.0. The van der Waals surface area contributed by atoms with Crippen molar-refractivity contribution in [3.05, 3.63) is 266 Å². The number of aliphatic hydroxyl groups excluding tert-OH is 7. The summed E-state index contributed by atoms with van der Waals surface area (Å²) in [6.45, 7) is 17.9. The molecule has 7 aromatic carbocycles. The molecule has 0 unspecified atom stereocenters. The van der Waals surface area contributed by atoms with Crippen molar-refractivity contribution in [2.75, 3.05) is 55.4 Å². The van der Waals surface area contributed by atoms with Crippen LogP contribution in [0.4, 0.5) is 22.8 Å². The number of aliphatic hydroxyl groups is 7. The lowest BCUT2D eigenvalue weighted by Gasteiger charge is -2.45. The third-order valence-corrected chi connectivity index (χ3v) is 21.9. The van der Waals surface area contributed by atoms with E-state index in [1.165, 1.54) is 58.8 Å². The topological polar surface area (TPSA) is 377 Å². The molecular formula is C97H126ClF3N6O25. The van der Waals surface area contributed by atoms with E-state index in [1.807, 2.05) is 181 Å². The predicted octanol–water partition coefficient (Wildman–Crippen LogP) is 14.3. The Morgan fingerprint density at radius 2 is 0.727 bits per heavy atom. The van der Waals surface area contributed by atoms with Crippen molar-refractivity contribution >= 4 is 23.2 Å². The SMILES string of the molecule is C.C.COC(=O)Cl.COC(=O)OC[C@H]1O[C@@H](Oc2nn(C(C)C)c(C)c2Cc2ccc(OC)c(F)c2)[C@H](O)[C@@H](O)[C@@H]1O.COc1ccc(Cc2c(O[C@@H]3O[C@H](CO)[C@@H](O)[C@H](O)[C@H]3O)nn(C(C)C)c2C)cc1F.COc1ccc(Cc2c(O[C@@H]3O[C@H](COCc4ccccc4)[C@@H](OCc4ccccc4)[C@H](OCc4ccccc4)[C@H]3OCc3ccccc3)nn(C(C)C)c2C)cc1F.[HH]. The molecule has 15 atom stereocenters. The molecule has 132 heavy (non-hydrogen) atoms. The van der Waals surface area contributed by atoms with Crippen molar-refractivity contribution < 1.29 is 136 Å². The van der Waals surface area contributed by atoms with Gasteiger partial charge in [-0.05, 0) is 138 Å². The summed E-state index contributed by atoms with van der Waals surface area (Å²) in [5.74, 6) is -0.407. The highest BCUT2D eigenvalue weighted by Gasteiger charge is 2.52. The van der Waals surface area contributed by atoms with Crippen LogP contribution in [0.5, 0.6) is 34.9 Å². The smallest absolute Gasteiger partial charge is 0.494 e. The standard InChI is InChI=1S/C49H53FN2O7.C23H31FN2O9.C21H29FN2O7.C2H3ClO2.2CH4.H2/c1-34(2)52-35(3)41(27-40-25-26-43(53-4)42(50)28-40)48(51-52)59-49-47(57-32-39-23-15-8-16-24-39)46(56-31-38-21-13-7-14-22-38)45(55-30-37-19-11-6-12-20-37)44(58-49)33-54-29-36-17-9-5-10-18-36;1-11(2)26-12(3)14(8-13-6-7-16(31-4)15(24)9-13)21(25-26)35-22-20(29)19(28)18(27)17(34-22)10-33-23(30)32-5;1-10(2)24-11(3)13(7-12-5-6-15(29-4)14(22)8-12)20(23-24)31-21-19(28)18(27)17(26)16(9-25)30-21;1-5-2(3)4;;;/h5-26,28,34,44-47,49H,27,29-33H2,1-4H3;6-7,9,11,17-20,22,27-29H,8,10H2,1-5H3;5-6,8,10,16-19,21,25-28H,7,9H2,1-4H3;1H3;2*1H4;1H/t44-,45-,46+,47-,49+;17-,18-,19+,20-,22+;16-,17-,18+,19-,21+;;;;/m111..../s1. The quantitative estimate of drug-likeness (QED) is 0.0145. The van der Waals surface area contributed by atoms with E-state index in [9.17, 15) is 58.5 Å². The number of hydrogen-bond donors (Lipinski definition) is 7. The molecule has 31 nitrogen and oxygen atoms in total. The molecule has 0 amide bonds. The second kappa shape index (κ2) is 51.5. The summed E-state index contributed by atoms with van der Waals surface area (Å²) in [5, 5.41) is 84.6. The first-order valence-electron chi connectivity index (χ1n) is 42.3. The van der Waals surface area contributed by atoms with Gasteiger partial charge in [-0.25, -0.2) is 22.8 Å². The second-order valence-electron chi connectivity index (χ2n) is 31.8. The summed E-state index contributed by atoms with van der Waals surface area (Å²) >= 11 is 4.60. The largest absolute Gasteiger partial charge is 0.508 e. The van der Waals surface area contributed by atoms with Crippen LogP contribution in [0, 0.1) is 38.2 Å². The number of halogens is 4. The summed E-state index contributed by atoms with van der Waals surface area (Å²) < 4.78 is 141. The third-order valence-electron chi connectivity index (χ3n) is 21.7. The van der Waals surface area contributed by atoms with Crippen molar-refractivity contribution in [2.45, 2.75) is 233 Å². The lowest BCUT2D eigenvalue weighted by atomic mass is 9.97. The minimum atomic E-state index is -1.65. The van der Waals surface area contributed by atoms with E-state index in [2.05, 4.69) is 45.1 Å². The van der Waals surface area contributed by atoms with Gasteiger partial charge in [0, 0.05) is 84.2 Å². The van der Waals surface area contributed by atoms with Gasteiger partial charge in [0.15, 0.2) is 34.7 Å². The van der Waals surface area contributed by atoms with E-state index in [-0.39, 0.29) is 89.5 Å². The van der Waals surface area contributed by atoms with Gasteiger partial charge in [0.25, 0.3) is 0 Å². The van der Waals surface area contributed by atoms with Crippen molar-refractivity contribution in [3.63, 3.8) is 0 Å². The van der Waals surface area contributed by atoms with E-state index in [4.69, 9.17) is 71.4 Å². The average Bonchev–Trinajstić information content (AvgIpc) is 1.73.